The summed E-state index contributed by atoms with van der Waals surface area (Å²) in [6.07, 6.45) is 1.90. The highest BCUT2D eigenvalue weighted by Gasteiger charge is 2.25. The first-order chi connectivity index (χ1) is 8.70. The minimum Gasteiger partial charge on any atom is -0.385 e. The number of pyridine rings is 1. The number of hydrogen-bond acceptors (Lipinski definition) is 4. The Balaban J connectivity index is 2.01. The largest absolute Gasteiger partial charge is 0.385 e. The van der Waals surface area contributed by atoms with Crippen molar-refractivity contribution >= 4 is 17.4 Å². The monoisotopic (exact) mass is 265 g/mol. The van der Waals surface area contributed by atoms with Crippen LogP contribution in [-0.2, 0) is 6.54 Å². The van der Waals surface area contributed by atoms with E-state index in [4.69, 9.17) is 0 Å². The maximum absolute atomic E-state index is 4.49. The molecule has 100 valence electrons. The van der Waals surface area contributed by atoms with Gasteiger partial charge < -0.3 is 5.32 Å². The lowest BCUT2D eigenvalue weighted by Crippen LogP contribution is -2.44. The fourth-order valence-corrected chi connectivity index (χ4v) is 3.47. The first kappa shape index (κ1) is 13.7. The van der Waals surface area contributed by atoms with E-state index in [1.165, 1.54) is 23.7 Å². The fourth-order valence-electron chi connectivity index (χ4n) is 2.31. The topological polar surface area (TPSA) is 28.2 Å². The minimum absolute atomic E-state index is 0.633. The van der Waals surface area contributed by atoms with Crippen LogP contribution < -0.4 is 5.32 Å². The third-order valence-corrected chi connectivity index (χ3v) is 4.92. The molecule has 0 saturated carbocycles. The van der Waals surface area contributed by atoms with Gasteiger partial charge in [0.2, 0.25) is 0 Å². The molecule has 0 spiro atoms. The molecule has 2 atom stereocenters. The van der Waals surface area contributed by atoms with Gasteiger partial charge >= 0.3 is 0 Å². The Morgan fingerprint density at radius 2 is 2.33 bits per heavy atom. The SMILES string of the molecule is CCNc1ccnc(CN2CCSC(C)C2C)c1. The molecule has 1 aliphatic heterocycles. The van der Waals surface area contributed by atoms with E-state index in [0.717, 1.165) is 18.3 Å². The Hall–Kier alpha value is -0.740. The Morgan fingerprint density at radius 1 is 1.50 bits per heavy atom. The zero-order valence-corrected chi connectivity index (χ0v) is 12.3. The fraction of sp³-hybridized carbons (Fsp3) is 0.643. The Morgan fingerprint density at radius 3 is 3.11 bits per heavy atom. The summed E-state index contributed by atoms with van der Waals surface area (Å²) < 4.78 is 0. The highest BCUT2D eigenvalue weighted by Crippen LogP contribution is 2.25. The van der Waals surface area contributed by atoms with Crippen molar-refractivity contribution in [1.29, 1.82) is 0 Å². The van der Waals surface area contributed by atoms with Crippen molar-refractivity contribution in [1.82, 2.24) is 9.88 Å². The standard InChI is InChI=1S/C14H23N3S/c1-4-15-13-5-6-16-14(9-13)10-17-7-8-18-12(3)11(17)2/h5-6,9,11-12H,4,7-8,10H2,1-3H3,(H,15,16). The molecule has 0 bridgehead atoms. The van der Waals surface area contributed by atoms with Gasteiger partial charge in [-0.1, -0.05) is 6.92 Å². The van der Waals surface area contributed by atoms with E-state index in [9.17, 15) is 0 Å². The third kappa shape index (κ3) is 3.39. The van der Waals surface area contributed by atoms with Crippen LogP contribution in [0.15, 0.2) is 18.3 Å². The van der Waals surface area contributed by atoms with Gasteiger partial charge in [-0.3, -0.25) is 9.88 Å². The summed E-state index contributed by atoms with van der Waals surface area (Å²) in [5.74, 6) is 1.23. The van der Waals surface area contributed by atoms with E-state index in [2.05, 4.69) is 53.8 Å². The molecule has 0 radical (unpaired) electrons. The second-order valence-corrected chi connectivity index (χ2v) is 6.34. The van der Waals surface area contributed by atoms with Crippen LogP contribution in [0.4, 0.5) is 5.69 Å². The number of aromatic nitrogens is 1. The zero-order chi connectivity index (χ0) is 13.0. The van der Waals surface area contributed by atoms with Gasteiger partial charge in [0.15, 0.2) is 0 Å². The van der Waals surface area contributed by atoms with Crippen molar-refractivity contribution in [3.8, 4) is 0 Å². The van der Waals surface area contributed by atoms with Crippen LogP contribution in [0.2, 0.25) is 0 Å². The van der Waals surface area contributed by atoms with Gasteiger partial charge in [0.25, 0.3) is 0 Å². The van der Waals surface area contributed by atoms with Crippen molar-refractivity contribution < 1.29 is 0 Å². The van der Waals surface area contributed by atoms with Gasteiger partial charge in [-0.15, -0.1) is 0 Å². The van der Waals surface area contributed by atoms with Gasteiger partial charge in [-0.25, -0.2) is 0 Å². The minimum atomic E-state index is 0.633. The first-order valence-corrected chi connectivity index (χ1v) is 7.80. The molecule has 1 N–H and O–H groups in total. The number of anilines is 1. The van der Waals surface area contributed by atoms with E-state index >= 15 is 0 Å². The summed E-state index contributed by atoms with van der Waals surface area (Å²) in [6.45, 7) is 9.85. The molecule has 2 rings (SSSR count). The molecule has 0 aromatic carbocycles. The van der Waals surface area contributed by atoms with Crippen LogP contribution in [0, 0.1) is 0 Å². The first-order valence-electron chi connectivity index (χ1n) is 6.75. The maximum Gasteiger partial charge on any atom is 0.0564 e. The second kappa shape index (κ2) is 6.43. The predicted molar refractivity (Wildman–Crippen MR) is 80.2 cm³/mol. The Kier molecular flexibility index (Phi) is 4.89. The van der Waals surface area contributed by atoms with Gasteiger partial charge in [-0.2, -0.15) is 11.8 Å². The molecule has 0 aliphatic carbocycles. The molecule has 18 heavy (non-hydrogen) atoms. The highest BCUT2D eigenvalue weighted by molar-refractivity contribution is 8.00. The van der Waals surface area contributed by atoms with Crippen molar-refractivity contribution in [3.05, 3.63) is 24.0 Å². The molecule has 1 aromatic rings. The van der Waals surface area contributed by atoms with Gasteiger partial charge in [0.05, 0.1) is 5.69 Å². The summed E-state index contributed by atoms with van der Waals surface area (Å²) in [7, 11) is 0. The van der Waals surface area contributed by atoms with Crippen LogP contribution in [0.1, 0.15) is 26.5 Å². The van der Waals surface area contributed by atoms with Crippen LogP contribution >= 0.6 is 11.8 Å². The quantitative estimate of drug-likeness (QED) is 0.906. The van der Waals surface area contributed by atoms with Crippen molar-refractivity contribution in [3.63, 3.8) is 0 Å². The van der Waals surface area contributed by atoms with Gasteiger partial charge in [-0.05, 0) is 26.0 Å². The molecule has 3 nitrogen and oxygen atoms in total. The average molecular weight is 265 g/mol. The van der Waals surface area contributed by atoms with E-state index in [0.29, 0.717) is 6.04 Å². The number of nitrogens with one attached hydrogen (secondary N) is 1. The van der Waals surface area contributed by atoms with E-state index in [-0.39, 0.29) is 0 Å². The van der Waals surface area contributed by atoms with Crippen LogP contribution in [0.3, 0.4) is 0 Å². The summed E-state index contributed by atoms with van der Waals surface area (Å²) >= 11 is 2.08. The second-order valence-electron chi connectivity index (χ2n) is 4.85. The molecule has 0 amide bonds. The summed E-state index contributed by atoms with van der Waals surface area (Å²) in [5.41, 5.74) is 2.34. The van der Waals surface area contributed by atoms with E-state index in [1.54, 1.807) is 0 Å². The number of thioether (sulfide) groups is 1. The Labute approximate surface area is 114 Å². The normalized spacial score (nSPS) is 25.1. The lowest BCUT2D eigenvalue weighted by molar-refractivity contribution is 0.202. The van der Waals surface area contributed by atoms with Crippen LogP contribution in [-0.4, -0.2) is 40.0 Å². The molecule has 1 aromatic heterocycles. The van der Waals surface area contributed by atoms with Crippen molar-refractivity contribution in [2.24, 2.45) is 0 Å². The number of rotatable bonds is 4. The molecule has 1 saturated heterocycles. The maximum atomic E-state index is 4.49. The van der Waals surface area contributed by atoms with Gasteiger partial charge in [0, 0.05) is 48.6 Å². The molecular formula is C14H23N3S. The molecule has 1 aliphatic rings. The smallest absolute Gasteiger partial charge is 0.0564 e. The summed E-state index contributed by atoms with van der Waals surface area (Å²) in [4.78, 5) is 7.03. The van der Waals surface area contributed by atoms with Crippen molar-refractivity contribution in [2.45, 2.75) is 38.6 Å². The molecule has 2 heterocycles. The lowest BCUT2D eigenvalue weighted by atomic mass is 10.2. The predicted octanol–water partition coefficient (Wildman–Crippen LogP) is 2.84. The Bertz CT molecular complexity index is 383. The van der Waals surface area contributed by atoms with Crippen molar-refractivity contribution in [2.75, 3.05) is 24.2 Å². The van der Waals surface area contributed by atoms with E-state index < -0.39 is 0 Å². The lowest BCUT2D eigenvalue weighted by Gasteiger charge is -2.37. The summed E-state index contributed by atoms with van der Waals surface area (Å²) in [5, 5.41) is 4.06. The van der Waals surface area contributed by atoms with Gasteiger partial charge in [0.1, 0.15) is 0 Å². The molecule has 2 unspecified atom stereocenters. The van der Waals surface area contributed by atoms with Crippen LogP contribution in [0.25, 0.3) is 0 Å². The third-order valence-electron chi connectivity index (χ3n) is 3.58. The van der Waals surface area contributed by atoms with E-state index in [1.807, 2.05) is 12.3 Å². The molecular weight excluding hydrogens is 242 g/mol. The van der Waals surface area contributed by atoms with Crippen LogP contribution in [0.5, 0.6) is 0 Å². The summed E-state index contributed by atoms with van der Waals surface area (Å²) in [6, 6.07) is 4.83. The molecule has 1 fully saturated rings. The number of hydrogen-bond donors (Lipinski definition) is 1. The zero-order valence-electron chi connectivity index (χ0n) is 11.5. The average Bonchev–Trinajstić information content (AvgIpc) is 2.36. The molecule has 4 heteroatoms. The highest BCUT2D eigenvalue weighted by atomic mass is 32.2. The number of nitrogens with zero attached hydrogens (tertiary/aromatic N) is 2.